The van der Waals surface area contributed by atoms with Gasteiger partial charge in [0.2, 0.25) is 0 Å². The zero-order valence-electron chi connectivity index (χ0n) is 9.47. The molecule has 2 aromatic rings. The minimum Gasteiger partial charge on any atom is -0.508 e. The van der Waals surface area contributed by atoms with Crippen LogP contribution in [-0.4, -0.2) is 11.0 Å². The summed E-state index contributed by atoms with van der Waals surface area (Å²) in [5.74, 6) is -0.0364. The van der Waals surface area contributed by atoms with Crippen LogP contribution in [0.25, 0.3) is 0 Å². The smallest absolute Gasteiger partial charge is 0.255 e. The monoisotopic (exact) mass is 227 g/mol. The number of anilines is 1. The first-order chi connectivity index (χ1) is 8.15. The summed E-state index contributed by atoms with van der Waals surface area (Å²) in [4.78, 5) is 11.8. The van der Waals surface area contributed by atoms with Gasteiger partial charge in [0.25, 0.3) is 5.91 Å². The molecule has 0 spiro atoms. The van der Waals surface area contributed by atoms with Crippen LogP contribution in [-0.2, 0) is 0 Å². The lowest BCUT2D eigenvalue weighted by Crippen LogP contribution is -2.11. The van der Waals surface area contributed by atoms with Gasteiger partial charge in [0, 0.05) is 11.3 Å². The van der Waals surface area contributed by atoms with E-state index >= 15 is 0 Å². The lowest BCUT2D eigenvalue weighted by molar-refractivity contribution is 0.102. The van der Waals surface area contributed by atoms with E-state index < -0.39 is 0 Å². The van der Waals surface area contributed by atoms with Crippen LogP contribution in [0.4, 0.5) is 5.69 Å². The molecule has 3 heteroatoms. The van der Waals surface area contributed by atoms with E-state index in [9.17, 15) is 4.79 Å². The van der Waals surface area contributed by atoms with Gasteiger partial charge in [0.05, 0.1) is 0 Å². The first-order valence-electron chi connectivity index (χ1n) is 5.32. The van der Waals surface area contributed by atoms with Gasteiger partial charge in [-0.3, -0.25) is 4.79 Å². The van der Waals surface area contributed by atoms with Gasteiger partial charge < -0.3 is 10.4 Å². The fourth-order valence-electron chi connectivity index (χ4n) is 1.45. The summed E-state index contributed by atoms with van der Waals surface area (Å²) in [7, 11) is 0. The number of aromatic hydroxyl groups is 1. The maximum absolute atomic E-state index is 11.8. The van der Waals surface area contributed by atoms with Gasteiger partial charge in [-0.25, -0.2) is 0 Å². The van der Waals surface area contributed by atoms with Gasteiger partial charge in [-0.15, -0.1) is 0 Å². The third-order valence-electron chi connectivity index (χ3n) is 2.44. The Hall–Kier alpha value is -2.29. The summed E-state index contributed by atoms with van der Waals surface area (Å²) in [5.41, 5.74) is 2.42. The molecular weight excluding hydrogens is 214 g/mol. The molecule has 0 aromatic heterocycles. The Labute approximate surface area is 99.7 Å². The molecule has 17 heavy (non-hydrogen) atoms. The van der Waals surface area contributed by atoms with Gasteiger partial charge in [-0.2, -0.15) is 0 Å². The number of carbonyl (C=O) groups excluding carboxylic acids is 1. The Morgan fingerprint density at radius 1 is 1.00 bits per heavy atom. The second-order valence-corrected chi connectivity index (χ2v) is 3.87. The molecule has 0 atom stereocenters. The van der Waals surface area contributed by atoms with Gasteiger partial charge in [-0.1, -0.05) is 17.7 Å². The Kier molecular flexibility index (Phi) is 3.10. The topological polar surface area (TPSA) is 49.3 Å². The van der Waals surface area contributed by atoms with Crippen molar-refractivity contribution in [2.24, 2.45) is 0 Å². The molecular formula is C14H13NO2. The fourth-order valence-corrected chi connectivity index (χ4v) is 1.45. The Bertz CT molecular complexity index is 515. The summed E-state index contributed by atoms with van der Waals surface area (Å²) in [5, 5.41) is 11.9. The zero-order valence-corrected chi connectivity index (χ0v) is 9.47. The van der Waals surface area contributed by atoms with Crippen LogP contribution >= 0.6 is 0 Å². The maximum Gasteiger partial charge on any atom is 0.255 e. The van der Waals surface area contributed by atoms with Crippen LogP contribution in [0.15, 0.2) is 48.5 Å². The van der Waals surface area contributed by atoms with Crippen molar-refractivity contribution in [2.45, 2.75) is 6.92 Å². The lowest BCUT2D eigenvalue weighted by Gasteiger charge is -2.05. The van der Waals surface area contributed by atoms with Gasteiger partial charge in [0.1, 0.15) is 5.75 Å². The van der Waals surface area contributed by atoms with E-state index in [-0.39, 0.29) is 11.7 Å². The van der Waals surface area contributed by atoms with Crippen LogP contribution in [0.3, 0.4) is 0 Å². The molecule has 0 bridgehead atoms. The molecule has 0 saturated carbocycles. The summed E-state index contributed by atoms with van der Waals surface area (Å²) in [6, 6.07) is 13.7. The average Bonchev–Trinajstić information content (AvgIpc) is 2.33. The molecule has 0 saturated heterocycles. The minimum absolute atomic E-state index is 0.150. The van der Waals surface area contributed by atoms with Gasteiger partial charge >= 0.3 is 0 Å². The third kappa shape index (κ3) is 2.84. The molecule has 0 aliphatic heterocycles. The van der Waals surface area contributed by atoms with Crippen LogP contribution in [0.5, 0.6) is 5.75 Å². The predicted octanol–water partition coefficient (Wildman–Crippen LogP) is 2.95. The molecule has 0 unspecified atom stereocenters. The fraction of sp³-hybridized carbons (Fsp3) is 0.0714. The average molecular weight is 227 g/mol. The SMILES string of the molecule is Cc1ccc(NC(=O)c2ccc(O)cc2)cc1. The summed E-state index contributed by atoms with van der Waals surface area (Å²) >= 11 is 0. The van der Waals surface area contributed by atoms with E-state index in [1.807, 2.05) is 31.2 Å². The number of nitrogens with one attached hydrogen (secondary N) is 1. The van der Waals surface area contributed by atoms with E-state index in [1.165, 1.54) is 12.1 Å². The van der Waals surface area contributed by atoms with Crippen molar-refractivity contribution in [2.75, 3.05) is 5.32 Å². The zero-order chi connectivity index (χ0) is 12.3. The van der Waals surface area contributed by atoms with Gasteiger partial charge in [0.15, 0.2) is 0 Å². The number of benzene rings is 2. The van der Waals surface area contributed by atoms with E-state index in [4.69, 9.17) is 5.11 Å². The highest BCUT2D eigenvalue weighted by Crippen LogP contribution is 2.13. The number of amides is 1. The van der Waals surface area contributed by atoms with Crippen LogP contribution in [0.1, 0.15) is 15.9 Å². The lowest BCUT2D eigenvalue weighted by atomic mass is 10.2. The summed E-state index contributed by atoms with van der Waals surface area (Å²) in [6.45, 7) is 1.99. The highest BCUT2D eigenvalue weighted by Gasteiger charge is 2.05. The molecule has 3 nitrogen and oxygen atoms in total. The maximum atomic E-state index is 11.8. The first kappa shape index (κ1) is 11.2. The van der Waals surface area contributed by atoms with E-state index in [2.05, 4.69) is 5.32 Å². The van der Waals surface area contributed by atoms with Crippen molar-refractivity contribution in [3.63, 3.8) is 0 Å². The molecule has 0 aliphatic carbocycles. The van der Waals surface area contributed by atoms with E-state index in [0.717, 1.165) is 11.3 Å². The first-order valence-corrected chi connectivity index (χ1v) is 5.32. The second kappa shape index (κ2) is 4.70. The number of phenolic OH excluding ortho intramolecular Hbond substituents is 1. The highest BCUT2D eigenvalue weighted by molar-refractivity contribution is 6.04. The normalized spacial score (nSPS) is 9.94. The Balaban J connectivity index is 2.11. The molecule has 0 fully saturated rings. The molecule has 1 amide bonds. The molecule has 2 N–H and O–H groups in total. The van der Waals surface area contributed by atoms with Crippen LogP contribution in [0, 0.1) is 6.92 Å². The van der Waals surface area contributed by atoms with Crippen molar-refractivity contribution in [1.82, 2.24) is 0 Å². The van der Waals surface area contributed by atoms with Crippen molar-refractivity contribution in [3.05, 3.63) is 59.7 Å². The van der Waals surface area contributed by atoms with Crippen LogP contribution in [0.2, 0.25) is 0 Å². The molecule has 2 aromatic carbocycles. The van der Waals surface area contributed by atoms with E-state index in [1.54, 1.807) is 12.1 Å². The number of phenols is 1. The van der Waals surface area contributed by atoms with Gasteiger partial charge in [-0.05, 0) is 43.3 Å². The Morgan fingerprint density at radius 2 is 1.59 bits per heavy atom. The molecule has 0 aliphatic rings. The van der Waals surface area contributed by atoms with E-state index in [0.29, 0.717) is 5.56 Å². The largest absolute Gasteiger partial charge is 0.508 e. The van der Waals surface area contributed by atoms with Crippen molar-refractivity contribution in [1.29, 1.82) is 0 Å². The number of rotatable bonds is 2. The highest BCUT2D eigenvalue weighted by atomic mass is 16.3. The standard InChI is InChI=1S/C14H13NO2/c1-10-2-6-12(7-3-10)15-14(17)11-4-8-13(16)9-5-11/h2-9,16H,1H3,(H,15,17). The third-order valence-corrected chi connectivity index (χ3v) is 2.44. The Morgan fingerprint density at radius 3 is 2.18 bits per heavy atom. The number of hydrogen-bond acceptors (Lipinski definition) is 2. The number of carbonyl (C=O) groups is 1. The molecule has 0 radical (unpaired) electrons. The van der Waals surface area contributed by atoms with Crippen LogP contribution < -0.4 is 5.32 Å². The molecule has 0 heterocycles. The summed E-state index contributed by atoms with van der Waals surface area (Å²) in [6.07, 6.45) is 0. The number of hydrogen-bond donors (Lipinski definition) is 2. The van der Waals surface area contributed by atoms with Crippen molar-refractivity contribution < 1.29 is 9.90 Å². The molecule has 86 valence electrons. The van der Waals surface area contributed by atoms with Crippen molar-refractivity contribution >= 4 is 11.6 Å². The predicted molar refractivity (Wildman–Crippen MR) is 67.2 cm³/mol. The quantitative estimate of drug-likeness (QED) is 0.828. The minimum atomic E-state index is -0.186. The molecule has 2 rings (SSSR count). The van der Waals surface area contributed by atoms with Crippen molar-refractivity contribution in [3.8, 4) is 5.75 Å². The second-order valence-electron chi connectivity index (χ2n) is 3.87. The summed E-state index contributed by atoms with van der Waals surface area (Å²) < 4.78 is 0. The number of aryl methyl sites for hydroxylation is 1.